The highest BCUT2D eigenvalue weighted by Gasteiger charge is 2.38. The summed E-state index contributed by atoms with van der Waals surface area (Å²) in [6.07, 6.45) is 1.69. The van der Waals surface area contributed by atoms with Crippen LogP contribution in [0.1, 0.15) is 43.7 Å². The molecule has 1 atom stereocenters. The molecule has 1 aliphatic rings. The van der Waals surface area contributed by atoms with E-state index in [9.17, 15) is 14.4 Å². The summed E-state index contributed by atoms with van der Waals surface area (Å²) >= 11 is 0. The van der Waals surface area contributed by atoms with Gasteiger partial charge >= 0.3 is 12.1 Å². The van der Waals surface area contributed by atoms with Crippen molar-refractivity contribution >= 4 is 18.0 Å². The Morgan fingerprint density at radius 2 is 1.70 bits per heavy atom. The zero-order valence-corrected chi connectivity index (χ0v) is 19.0. The maximum atomic E-state index is 13.1. The van der Waals surface area contributed by atoms with Crippen LogP contribution >= 0.6 is 0 Å². The molecule has 0 saturated carbocycles. The lowest BCUT2D eigenvalue weighted by Gasteiger charge is -2.34. The number of hydrogen-bond donors (Lipinski definition) is 2. The first-order valence-corrected chi connectivity index (χ1v) is 11.1. The van der Waals surface area contributed by atoms with Gasteiger partial charge in [-0.2, -0.15) is 0 Å². The van der Waals surface area contributed by atoms with Crippen LogP contribution in [0.4, 0.5) is 4.79 Å². The number of rotatable bonds is 10. The fourth-order valence-electron chi connectivity index (χ4n) is 4.47. The monoisotopic (exact) mass is 450 g/mol. The van der Waals surface area contributed by atoms with Crippen LogP contribution in [-0.2, 0) is 14.3 Å². The Morgan fingerprint density at radius 3 is 2.21 bits per heavy atom. The first-order chi connectivity index (χ1) is 15.8. The number of carboxylic acids is 1. The second-order valence-corrected chi connectivity index (χ2v) is 8.40. The van der Waals surface area contributed by atoms with Crippen LogP contribution in [0.25, 0.3) is 11.1 Å². The molecule has 0 spiro atoms. The van der Waals surface area contributed by atoms with Crippen molar-refractivity contribution < 1.29 is 24.2 Å². The highest BCUT2D eigenvalue weighted by Crippen LogP contribution is 2.44. The van der Waals surface area contributed by atoms with E-state index in [1.54, 1.807) is 6.92 Å². The van der Waals surface area contributed by atoms with E-state index in [1.807, 2.05) is 43.3 Å². The van der Waals surface area contributed by atoms with Crippen molar-refractivity contribution in [1.29, 1.82) is 0 Å². The predicted molar refractivity (Wildman–Crippen MR) is 126 cm³/mol. The van der Waals surface area contributed by atoms with E-state index in [4.69, 9.17) is 9.84 Å². The SMILES string of the molecule is C=CCN(CC(=O)O)C(=O)C(C)(CCC)NC(=O)OCC1c2ccccc2-c2ccccc21. The molecule has 2 aromatic rings. The molecule has 7 nitrogen and oxygen atoms in total. The molecule has 33 heavy (non-hydrogen) atoms. The summed E-state index contributed by atoms with van der Waals surface area (Å²) < 4.78 is 5.60. The molecule has 2 aromatic carbocycles. The normalized spacial score (nSPS) is 13.9. The van der Waals surface area contributed by atoms with Gasteiger partial charge in [-0.3, -0.25) is 9.59 Å². The van der Waals surface area contributed by atoms with E-state index in [2.05, 4.69) is 24.0 Å². The number of carboxylic acid groups (broad SMARTS) is 1. The van der Waals surface area contributed by atoms with E-state index < -0.39 is 30.1 Å². The zero-order valence-electron chi connectivity index (χ0n) is 19.0. The van der Waals surface area contributed by atoms with Crippen LogP contribution in [0.5, 0.6) is 0 Å². The number of aliphatic carboxylic acids is 1. The first-order valence-electron chi connectivity index (χ1n) is 11.1. The summed E-state index contributed by atoms with van der Waals surface area (Å²) in [5.74, 6) is -1.72. The highest BCUT2D eigenvalue weighted by atomic mass is 16.5. The number of ether oxygens (including phenoxy) is 1. The molecule has 174 valence electrons. The summed E-state index contributed by atoms with van der Waals surface area (Å²) in [5.41, 5.74) is 3.15. The van der Waals surface area contributed by atoms with Crippen molar-refractivity contribution in [3.8, 4) is 11.1 Å². The Kier molecular flexibility index (Phi) is 7.53. The molecule has 1 aliphatic carbocycles. The van der Waals surface area contributed by atoms with Gasteiger partial charge in [-0.05, 0) is 35.6 Å². The van der Waals surface area contributed by atoms with Crippen LogP contribution in [0, 0.1) is 0 Å². The number of nitrogens with one attached hydrogen (secondary N) is 1. The van der Waals surface area contributed by atoms with E-state index in [0.29, 0.717) is 12.8 Å². The summed E-state index contributed by atoms with van der Waals surface area (Å²) in [5, 5.41) is 11.9. The fraction of sp³-hybridized carbons (Fsp3) is 0.346. The second kappa shape index (κ2) is 10.3. The van der Waals surface area contributed by atoms with Crippen LogP contribution in [0.2, 0.25) is 0 Å². The third kappa shape index (κ3) is 5.25. The van der Waals surface area contributed by atoms with Gasteiger partial charge in [0.2, 0.25) is 5.91 Å². The Balaban J connectivity index is 1.73. The van der Waals surface area contributed by atoms with Crippen molar-refractivity contribution in [2.24, 2.45) is 0 Å². The average Bonchev–Trinajstić information content (AvgIpc) is 3.10. The number of carbonyl (C=O) groups excluding carboxylic acids is 2. The van der Waals surface area contributed by atoms with Crippen LogP contribution in [0.15, 0.2) is 61.2 Å². The number of amides is 2. The van der Waals surface area contributed by atoms with E-state index in [1.165, 1.54) is 6.08 Å². The van der Waals surface area contributed by atoms with Crippen molar-refractivity contribution in [1.82, 2.24) is 10.2 Å². The van der Waals surface area contributed by atoms with Gasteiger partial charge in [0, 0.05) is 12.5 Å². The molecule has 7 heteroatoms. The zero-order chi connectivity index (χ0) is 24.0. The van der Waals surface area contributed by atoms with Gasteiger partial charge in [-0.25, -0.2) is 4.79 Å². The molecule has 0 fully saturated rings. The summed E-state index contributed by atoms with van der Waals surface area (Å²) in [6, 6.07) is 16.1. The number of fused-ring (bicyclic) bond motifs is 3. The molecule has 0 radical (unpaired) electrons. The first kappa shape index (κ1) is 24.0. The lowest BCUT2D eigenvalue weighted by Crippen LogP contribution is -2.58. The number of hydrogen-bond acceptors (Lipinski definition) is 4. The standard InChI is InChI=1S/C26H30N2O5/c1-4-14-26(3,24(31)28(15-5-2)16-23(29)30)27-25(32)33-17-22-20-12-8-6-10-18(20)19-11-7-9-13-21(19)22/h5-13,22H,2,4,14-17H2,1,3H3,(H,27,32)(H,29,30). The Labute approximate surface area is 194 Å². The number of nitrogens with zero attached hydrogens (tertiary/aromatic N) is 1. The summed E-state index contributed by atoms with van der Waals surface area (Å²) in [6.45, 7) is 6.79. The van der Waals surface area contributed by atoms with Gasteiger partial charge in [0.05, 0.1) is 0 Å². The molecule has 2 amide bonds. The third-order valence-electron chi connectivity index (χ3n) is 5.91. The van der Waals surface area contributed by atoms with Gasteiger partial charge in [-0.1, -0.05) is 68.0 Å². The van der Waals surface area contributed by atoms with Crippen LogP contribution in [-0.4, -0.2) is 53.2 Å². The topological polar surface area (TPSA) is 95.9 Å². The molecule has 1 unspecified atom stereocenters. The largest absolute Gasteiger partial charge is 0.480 e. The second-order valence-electron chi connectivity index (χ2n) is 8.40. The van der Waals surface area contributed by atoms with Crippen molar-refractivity contribution in [3.05, 3.63) is 72.3 Å². The Morgan fingerprint density at radius 1 is 1.12 bits per heavy atom. The van der Waals surface area contributed by atoms with Gasteiger partial charge in [0.25, 0.3) is 0 Å². The quantitative estimate of drug-likeness (QED) is 0.530. The molecule has 0 aliphatic heterocycles. The summed E-state index contributed by atoms with van der Waals surface area (Å²) in [4.78, 5) is 38.3. The molecule has 0 aromatic heterocycles. The summed E-state index contributed by atoms with van der Waals surface area (Å²) in [7, 11) is 0. The lowest BCUT2D eigenvalue weighted by atomic mass is 9.94. The minimum Gasteiger partial charge on any atom is -0.480 e. The number of benzene rings is 2. The van der Waals surface area contributed by atoms with E-state index in [-0.39, 0.29) is 19.1 Å². The maximum absolute atomic E-state index is 13.1. The lowest BCUT2D eigenvalue weighted by molar-refractivity contribution is -0.147. The van der Waals surface area contributed by atoms with Gasteiger partial charge in [0.1, 0.15) is 18.7 Å². The van der Waals surface area contributed by atoms with Crippen LogP contribution in [0.3, 0.4) is 0 Å². The number of carbonyl (C=O) groups is 3. The third-order valence-corrected chi connectivity index (χ3v) is 5.91. The van der Waals surface area contributed by atoms with Crippen molar-refractivity contribution in [3.63, 3.8) is 0 Å². The highest BCUT2D eigenvalue weighted by molar-refractivity contribution is 5.91. The number of alkyl carbamates (subject to hydrolysis) is 1. The Bertz CT molecular complexity index is 1000. The smallest absolute Gasteiger partial charge is 0.408 e. The van der Waals surface area contributed by atoms with Gasteiger partial charge < -0.3 is 20.1 Å². The predicted octanol–water partition coefficient (Wildman–Crippen LogP) is 4.18. The van der Waals surface area contributed by atoms with E-state index >= 15 is 0 Å². The molecule has 0 saturated heterocycles. The van der Waals surface area contributed by atoms with E-state index in [0.717, 1.165) is 27.2 Å². The molecule has 0 heterocycles. The molecule has 0 bridgehead atoms. The average molecular weight is 451 g/mol. The minimum atomic E-state index is -1.30. The fourth-order valence-corrected chi connectivity index (χ4v) is 4.47. The van der Waals surface area contributed by atoms with Crippen molar-refractivity contribution in [2.75, 3.05) is 19.7 Å². The molecule has 3 rings (SSSR count). The van der Waals surface area contributed by atoms with Crippen molar-refractivity contribution in [2.45, 2.75) is 38.1 Å². The van der Waals surface area contributed by atoms with Crippen LogP contribution < -0.4 is 5.32 Å². The van der Waals surface area contributed by atoms with Gasteiger partial charge in [-0.15, -0.1) is 6.58 Å². The maximum Gasteiger partial charge on any atom is 0.408 e. The van der Waals surface area contributed by atoms with Gasteiger partial charge in [0.15, 0.2) is 0 Å². The Hall–Kier alpha value is -3.61. The molecular formula is C26H30N2O5. The minimum absolute atomic E-state index is 0.0663. The molecular weight excluding hydrogens is 420 g/mol. The molecule has 2 N–H and O–H groups in total.